The molecule has 0 aliphatic rings. The molecule has 0 fully saturated rings. The van der Waals surface area contributed by atoms with Crippen LogP contribution in [-0.2, 0) is 5.41 Å². The van der Waals surface area contributed by atoms with E-state index in [-0.39, 0.29) is 10.8 Å². The van der Waals surface area contributed by atoms with Crippen molar-refractivity contribution in [3.05, 3.63) is 15.7 Å². The predicted octanol–water partition coefficient (Wildman–Crippen LogP) is 3.14. The van der Waals surface area contributed by atoms with E-state index in [9.17, 15) is 0 Å². The molecular weight excluding hydrogens is 234 g/mol. The zero-order valence-corrected chi connectivity index (χ0v) is 10.2. The lowest BCUT2D eigenvalue weighted by Gasteiger charge is -2.13. The van der Waals surface area contributed by atoms with Crippen LogP contribution in [0.25, 0.3) is 11.5 Å². The molecule has 15 heavy (non-hydrogen) atoms. The minimum absolute atomic E-state index is 0.0373. The van der Waals surface area contributed by atoms with Gasteiger partial charge in [-0.3, -0.25) is 0 Å². The molecule has 80 valence electrons. The van der Waals surface area contributed by atoms with Crippen LogP contribution in [0.3, 0.4) is 0 Å². The number of aromatic nitrogens is 3. The van der Waals surface area contributed by atoms with Gasteiger partial charge in [0.05, 0.1) is 5.01 Å². The Kier molecular flexibility index (Phi) is 2.52. The van der Waals surface area contributed by atoms with Gasteiger partial charge in [-0.25, -0.2) is 4.98 Å². The largest absolute Gasteiger partial charge is 0.321 e. The number of hydrogen-bond donors (Lipinski definition) is 0. The Labute approximate surface area is 96.3 Å². The maximum absolute atomic E-state index is 5.54. The van der Waals surface area contributed by atoms with E-state index in [1.54, 1.807) is 11.3 Å². The lowest BCUT2D eigenvalue weighted by Crippen LogP contribution is -2.10. The van der Waals surface area contributed by atoms with Crippen LogP contribution < -0.4 is 0 Å². The summed E-state index contributed by atoms with van der Waals surface area (Å²) in [5.41, 5.74) is 0.747. The molecule has 0 aromatic carbocycles. The molecule has 0 unspecified atom stereocenters. The molecule has 0 radical (unpaired) electrons. The molecule has 2 aromatic rings. The molecule has 0 saturated heterocycles. The van der Waals surface area contributed by atoms with Gasteiger partial charge in [-0.1, -0.05) is 25.9 Å². The number of halogens is 1. The normalized spacial score (nSPS) is 12.0. The van der Waals surface area contributed by atoms with Gasteiger partial charge >= 0.3 is 5.35 Å². The second-order valence-corrected chi connectivity index (χ2v) is 5.34. The van der Waals surface area contributed by atoms with E-state index in [4.69, 9.17) is 11.6 Å². The average Bonchev–Trinajstić information content (AvgIpc) is 2.69. The summed E-state index contributed by atoms with van der Waals surface area (Å²) >= 11 is 7.13. The number of rotatable bonds is 1. The Balaban J connectivity index is 2.36. The standard InChI is InChI=1S/C9H10ClN3OS/c1-9(2,3)7-11-5(4-15-7)6-12-8(10)14-13-6/h4H,1-3H3. The number of hydrogen-bond acceptors (Lipinski definition) is 5. The molecule has 2 heterocycles. The first-order valence-corrected chi connectivity index (χ1v) is 5.68. The zero-order chi connectivity index (χ0) is 11.1. The first-order chi connectivity index (χ1) is 6.97. The van der Waals surface area contributed by atoms with Crippen LogP contribution in [0.4, 0.5) is 0 Å². The van der Waals surface area contributed by atoms with Crippen molar-refractivity contribution in [1.29, 1.82) is 0 Å². The van der Waals surface area contributed by atoms with Gasteiger partial charge in [0.15, 0.2) is 0 Å². The minimum Gasteiger partial charge on any atom is -0.321 e. The monoisotopic (exact) mass is 243 g/mol. The maximum atomic E-state index is 5.54. The van der Waals surface area contributed by atoms with Crippen LogP contribution in [0.2, 0.25) is 5.35 Å². The molecule has 0 saturated carbocycles. The van der Waals surface area contributed by atoms with Crippen molar-refractivity contribution in [1.82, 2.24) is 15.1 Å². The molecule has 2 aromatic heterocycles. The van der Waals surface area contributed by atoms with Gasteiger partial charge in [-0.15, -0.1) is 11.3 Å². The Bertz CT molecular complexity index is 472. The van der Waals surface area contributed by atoms with Gasteiger partial charge in [-0.2, -0.15) is 4.98 Å². The zero-order valence-electron chi connectivity index (χ0n) is 8.61. The van der Waals surface area contributed by atoms with E-state index in [1.165, 1.54) is 0 Å². The third-order valence-electron chi connectivity index (χ3n) is 1.78. The predicted molar refractivity (Wildman–Crippen MR) is 59.1 cm³/mol. The summed E-state index contributed by atoms with van der Waals surface area (Å²) in [6.45, 7) is 6.33. The third kappa shape index (κ3) is 2.18. The Morgan fingerprint density at radius 2 is 2.07 bits per heavy atom. The summed E-state index contributed by atoms with van der Waals surface area (Å²) in [6, 6.07) is 0. The highest BCUT2D eigenvalue weighted by molar-refractivity contribution is 7.10. The van der Waals surface area contributed by atoms with E-state index < -0.39 is 0 Å². The van der Waals surface area contributed by atoms with E-state index in [0.717, 1.165) is 5.01 Å². The van der Waals surface area contributed by atoms with Crippen molar-refractivity contribution < 1.29 is 4.52 Å². The molecule has 0 amide bonds. The van der Waals surface area contributed by atoms with Gasteiger partial charge in [0.1, 0.15) is 5.69 Å². The summed E-state index contributed by atoms with van der Waals surface area (Å²) in [4.78, 5) is 8.35. The Morgan fingerprint density at radius 3 is 2.53 bits per heavy atom. The smallest absolute Gasteiger partial charge is 0.320 e. The molecule has 0 spiro atoms. The van der Waals surface area contributed by atoms with Crippen molar-refractivity contribution in [3.8, 4) is 11.5 Å². The second kappa shape index (κ2) is 3.57. The topological polar surface area (TPSA) is 51.8 Å². The quantitative estimate of drug-likeness (QED) is 0.772. The van der Waals surface area contributed by atoms with Crippen molar-refractivity contribution >= 4 is 22.9 Å². The van der Waals surface area contributed by atoms with Crippen LogP contribution in [-0.4, -0.2) is 15.1 Å². The summed E-state index contributed by atoms with van der Waals surface area (Å²) in [5.74, 6) is 0.437. The van der Waals surface area contributed by atoms with E-state index in [1.807, 2.05) is 5.38 Å². The molecule has 0 N–H and O–H groups in total. The van der Waals surface area contributed by atoms with E-state index >= 15 is 0 Å². The fourth-order valence-corrected chi connectivity index (χ4v) is 2.03. The van der Waals surface area contributed by atoms with Crippen LogP contribution >= 0.6 is 22.9 Å². The Morgan fingerprint density at radius 1 is 1.33 bits per heavy atom. The highest BCUT2D eigenvalue weighted by Crippen LogP contribution is 2.28. The van der Waals surface area contributed by atoms with Crippen molar-refractivity contribution in [2.45, 2.75) is 26.2 Å². The molecule has 4 nitrogen and oxygen atoms in total. The third-order valence-corrected chi connectivity index (χ3v) is 3.20. The van der Waals surface area contributed by atoms with Crippen LogP contribution in [0.15, 0.2) is 9.90 Å². The number of thiazole rings is 1. The van der Waals surface area contributed by atoms with Crippen LogP contribution in [0.1, 0.15) is 25.8 Å². The highest BCUT2D eigenvalue weighted by atomic mass is 35.5. The van der Waals surface area contributed by atoms with E-state index in [0.29, 0.717) is 11.5 Å². The summed E-state index contributed by atoms with van der Waals surface area (Å²) in [7, 11) is 0. The molecule has 0 bridgehead atoms. The van der Waals surface area contributed by atoms with Gasteiger partial charge in [0.25, 0.3) is 0 Å². The second-order valence-electron chi connectivity index (χ2n) is 4.16. The fourth-order valence-electron chi connectivity index (χ4n) is 1.03. The maximum Gasteiger partial charge on any atom is 0.320 e. The first-order valence-electron chi connectivity index (χ1n) is 4.42. The molecule has 0 atom stereocenters. The van der Waals surface area contributed by atoms with Gasteiger partial charge in [0.2, 0.25) is 5.82 Å². The van der Waals surface area contributed by atoms with Gasteiger partial charge in [0, 0.05) is 10.8 Å². The van der Waals surface area contributed by atoms with Gasteiger partial charge < -0.3 is 4.52 Å². The van der Waals surface area contributed by atoms with Gasteiger partial charge in [-0.05, 0) is 11.6 Å². The first kappa shape index (κ1) is 10.6. The van der Waals surface area contributed by atoms with Crippen molar-refractivity contribution in [2.24, 2.45) is 0 Å². The molecule has 0 aliphatic heterocycles. The van der Waals surface area contributed by atoms with E-state index in [2.05, 4.69) is 40.4 Å². The van der Waals surface area contributed by atoms with Crippen LogP contribution in [0.5, 0.6) is 0 Å². The molecule has 0 aliphatic carbocycles. The number of nitrogens with zero attached hydrogens (tertiary/aromatic N) is 3. The Hall–Kier alpha value is -0.940. The highest BCUT2D eigenvalue weighted by Gasteiger charge is 2.20. The lowest BCUT2D eigenvalue weighted by molar-refractivity contribution is 0.420. The lowest BCUT2D eigenvalue weighted by atomic mass is 9.98. The summed E-state index contributed by atoms with van der Waals surface area (Å²) in [5, 5.41) is 6.69. The molecule has 6 heteroatoms. The van der Waals surface area contributed by atoms with Crippen LogP contribution in [0, 0.1) is 0 Å². The fraction of sp³-hybridized carbons (Fsp3) is 0.444. The average molecular weight is 244 g/mol. The summed E-state index contributed by atoms with van der Waals surface area (Å²) < 4.78 is 4.68. The molecule has 2 rings (SSSR count). The summed E-state index contributed by atoms with van der Waals surface area (Å²) in [6.07, 6.45) is 0. The minimum atomic E-state index is 0.0373. The molecular formula is C9H10ClN3OS. The van der Waals surface area contributed by atoms with Crippen molar-refractivity contribution in [2.75, 3.05) is 0 Å². The van der Waals surface area contributed by atoms with Crippen molar-refractivity contribution in [3.63, 3.8) is 0 Å². The SMILES string of the molecule is CC(C)(C)c1nc(-c2noc(Cl)n2)cs1.